The van der Waals surface area contributed by atoms with Crippen LogP contribution in [0.5, 0.6) is 0 Å². The summed E-state index contributed by atoms with van der Waals surface area (Å²) in [6.45, 7) is 2.09. The third-order valence-corrected chi connectivity index (χ3v) is 7.26. The molecule has 2 aliphatic rings. The fraction of sp³-hybridized carbons (Fsp3) is 0.550. The highest BCUT2D eigenvalue weighted by atomic mass is 32.2. The second-order valence-corrected chi connectivity index (χ2v) is 9.48. The number of nitrogens with one attached hydrogen (secondary N) is 3. The Kier molecular flexibility index (Phi) is 7.23. The first-order valence-corrected chi connectivity index (χ1v) is 12.4. The highest BCUT2D eigenvalue weighted by Crippen LogP contribution is 2.38. The van der Waals surface area contributed by atoms with Crippen molar-refractivity contribution in [3.8, 4) is 0 Å². The van der Waals surface area contributed by atoms with Gasteiger partial charge in [0, 0.05) is 10.6 Å². The van der Waals surface area contributed by atoms with E-state index < -0.39 is 0 Å². The molecule has 1 fully saturated rings. The standard InChI is InChI=1S/C20H26N6O3S2/c1-2-29-18(28)16-13-9-5-6-10-14(13)31-17(16)21-15(27)11-30-20-22-19(25-26-20)24-23-12-7-3-4-8-12/h2-11H2,1H3,(H,21,27)(H2,22,24,25,26). The number of hydrazone groups is 1. The number of aromatic amines is 1. The SMILES string of the molecule is CCOC(=O)c1c(NC(=O)CSc2n[nH]c(NN=C3CCCC3)n2)sc2c1CCCC2. The number of hydrogen-bond acceptors (Lipinski definition) is 9. The fourth-order valence-corrected chi connectivity index (χ4v) is 5.65. The van der Waals surface area contributed by atoms with Crippen molar-refractivity contribution in [1.82, 2.24) is 15.2 Å². The maximum absolute atomic E-state index is 12.6. The fourth-order valence-electron chi connectivity index (χ4n) is 3.75. The van der Waals surface area contributed by atoms with E-state index in [1.807, 2.05) is 0 Å². The highest BCUT2D eigenvalue weighted by molar-refractivity contribution is 7.99. The summed E-state index contributed by atoms with van der Waals surface area (Å²) in [6, 6.07) is 0. The number of thiophene rings is 1. The van der Waals surface area contributed by atoms with Gasteiger partial charge in [-0.15, -0.1) is 16.4 Å². The van der Waals surface area contributed by atoms with Crippen LogP contribution in [0.4, 0.5) is 10.9 Å². The Balaban J connectivity index is 1.35. The minimum Gasteiger partial charge on any atom is -0.462 e. The number of H-pyrrole nitrogens is 1. The predicted molar refractivity (Wildman–Crippen MR) is 122 cm³/mol. The van der Waals surface area contributed by atoms with E-state index in [0.29, 0.717) is 28.3 Å². The minimum atomic E-state index is -0.363. The quantitative estimate of drug-likeness (QED) is 0.308. The van der Waals surface area contributed by atoms with E-state index in [9.17, 15) is 9.59 Å². The molecule has 0 unspecified atom stereocenters. The summed E-state index contributed by atoms with van der Waals surface area (Å²) >= 11 is 2.71. The Hall–Kier alpha value is -2.40. The highest BCUT2D eigenvalue weighted by Gasteiger charge is 2.27. The van der Waals surface area contributed by atoms with Gasteiger partial charge < -0.3 is 10.1 Å². The number of fused-ring (bicyclic) bond motifs is 1. The van der Waals surface area contributed by atoms with Crippen molar-refractivity contribution in [1.29, 1.82) is 0 Å². The van der Waals surface area contributed by atoms with E-state index in [4.69, 9.17) is 4.74 Å². The van der Waals surface area contributed by atoms with Crippen LogP contribution >= 0.6 is 23.1 Å². The van der Waals surface area contributed by atoms with Crippen LogP contribution in [0.3, 0.4) is 0 Å². The molecule has 166 valence electrons. The van der Waals surface area contributed by atoms with Crippen LogP contribution in [-0.4, -0.2) is 45.1 Å². The molecule has 3 N–H and O–H groups in total. The van der Waals surface area contributed by atoms with Crippen LogP contribution in [0.2, 0.25) is 0 Å². The first-order valence-electron chi connectivity index (χ1n) is 10.6. The van der Waals surface area contributed by atoms with Gasteiger partial charge in [-0.05, 0) is 63.9 Å². The van der Waals surface area contributed by atoms with E-state index in [0.717, 1.165) is 49.8 Å². The lowest BCUT2D eigenvalue weighted by Gasteiger charge is -2.12. The van der Waals surface area contributed by atoms with Gasteiger partial charge in [0.05, 0.1) is 17.9 Å². The minimum absolute atomic E-state index is 0.136. The molecule has 9 nitrogen and oxygen atoms in total. The number of ether oxygens (including phenoxy) is 1. The van der Waals surface area contributed by atoms with Crippen LogP contribution in [-0.2, 0) is 22.4 Å². The first kappa shape index (κ1) is 21.8. The topological polar surface area (TPSA) is 121 Å². The molecule has 0 bridgehead atoms. The van der Waals surface area contributed by atoms with E-state index in [1.165, 1.54) is 40.8 Å². The van der Waals surface area contributed by atoms with Gasteiger partial charge in [-0.25, -0.2) is 15.3 Å². The normalized spacial score (nSPS) is 15.5. The Labute approximate surface area is 188 Å². The molecular weight excluding hydrogens is 436 g/mol. The summed E-state index contributed by atoms with van der Waals surface area (Å²) in [6.07, 6.45) is 8.33. The number of aryl methyl sites for hydroxylation is 1. The number of hydrogen-bond donors (Lipinski definition) is 3. The van der Waals surface area contributed by atoms with Crippen LogP contribution < -0.4 is 10.7 Å². The molecule has 2 aromatic rings. The van der Waals surface area contributed by atoms with E-state index >= 15 is 0 Å². The molecule has 2 aliphatic carbocycles. The monoisotopic (exact) mass is 462 g/mol. The molecule has 1 amide bonds. The molecule has 4 rings (SSSR count). The molecular formula is C20H26N6O3S2. The van der Waals surface area contributed by atoms with Crippen molar-refractivity contribution in [2.75, 3.05) is 23.1 Å². The Morgan fingerprint density at radius 1 is 1.19 bits per heavy atom. The van der Waals surface area contributed by atoms with Gasteiger partial charge in [0.2, 0.25) is 17.0 Å². The van der Waals surface area contributed by atoms with Crippen molar-refractivity contribution >= 4 is 51.6 Å². The van der Waals surface area contributed by atoms with Gasteiger partial charge in [0.1, 0.15) is 5.00 Å². The molecule has 0 radical (unpaired) electrons. The molecule has 0 aromatic carbocycles. The summed E-state index contributed by atoms with van der Waals surface area (Å²) in [5.74, 6) is 0.0207. The summed E-state index contributed by atoms with van der Waals surface area (Å²) in [7, 11) is 0. The number of carbonyl (C=O) groups is 2. The number of carbonyl (C=O) groups excluding carboxylic acids is 2. The van der Waals surface area contributed by atoms with Crippen molar-refractivity contribution in [2.45, 2.75) is 63.4 Å². The van der Waals surface area contributed by atoms with Gasteiger partial charge >= 0.3 is 5.97 Å². The maximum atomic E-state index is 12.6. The van der Waals surface area contributed by atoms with Gasteiger partial charge in [0.15, 0.2) is 0 Å². The average molecular weight is 463 g/mol. The zero-order valence-electron chi connectivity index (χ0n) is 17.5. The number of thioether (sulfide) groups is 1. The molecule has 1 saturated carbocycles. The largest absolute Gasteiger partial charge is 0.462 e. The third kappa shape index (κ3) is 5.45. The third-order valence-electron chi connectivity index (χ3n) is 5.20. The molecule has 2 heterocycles. The van der Waals surface area contributed by atoms with E-state index in [1.54, 1.807) is 6.92 Å². The summed E-state index contributed by atoms with van der Waals surface area (Å²) in [5, 5.41) is 15.2. The van der Waals surface area contributed by atoms with Crippen LogP contribution in [0.15, 0.2) is 10.3 Å². The van der Waals surface area contributed by atoms with Crippen molar-refractivity contribution in [3.05, 3.63) is 16.0 Å². The number of amides is 1. The van der Waals surface area contributed by atoms with Gasteiger partial charge in [-0.2, -0.15) is 10.1 Å². The second kappa shape index (κ2) is 10.3. The Morgan fingerprint density at radius 2 is 1.97 bits per heavy atom. The molecule has 31 heavy (non-hydrogen) atoms. The molecule has 2 aromatic heterocycles. The Bertz CT molecular complexity index is 976. The zero-order chi connectivity index (χ0) is 21.6. The number of aromatic nitrogens is 3. The zero-order valence-corrected chi connectivity index (χ0v) is 19.1. The lowest BCUT2D eigenvalue weighted by atomic mass is 9.95. The lowest BCUT2D eigenvalue weighted by Crippen LogP contribution is -2.17. The summed E-state index contributed by atoms with van der Waals surface area (Å²) < 4.78 is 5.24. The van der Waals surface area contributed by atoms with Gasteiger partial charge in [-0.3, -0.25) is 4.79 Å². The van der Waals surface area contributed by atoms with Crippen LogP contribution in [0, 0.1) is 0 Å². The molecule has 0 spiro atoms. The first-order chi connectivity index (χ1) is 15.1. The number of rotatable bonds is 8. The molecule has 11 heteroatoms. The molecule has 0 atom stereocenters. The van der Waals surface area contributed by atoms with Gasteiger partial charge in [0.25, 0.3) is 0 Å². The molecule has 0 aliphatic heterocycles. The van der Waals surface area contributed by atoms with Crippen molar-refractivity contribution in [3.63, 3.8) is 0 Å². The van der Waals surface area contributed by atoms with Crippen LogP contribution in [0.25, 0.3) is 0 Å². The Morgan fingerprint density at radius 3 is 2.77 bits per heavy atom. The van der Waals surface area contributed by atoms with Crippen molar-refractivity contribution in [2.24, 2.45) is 5.10 Å². The lowest BCUT2D eigenvalue weighted by molar-refractivity contribution is -0.113. The van der Waals surface area contributed by atoms with Gasteiger partial charge in [-0.1, -0.05) is 11.8 Å². The van der Waals surface area contributed by atoms with E-state index in [-0.39, 0.29) is 17.6 Å². The number of nitrogens with zero attached hydrogens (tertiary/aromatic N) is 3. The second-order valence-electron chi connectivity index (χ2n) is 7.44. The van der Waals surface area contributed by atoms with Crippen molar-refractivity contribution < 1.29 is 14.3 Å². The molecule has 0 saturated heterocycles. The average Bonchev–Trinajstić information content (AvgIpc) is 3.50. The smallest absolute Gasteiger partial charge is 0.341 e. The van der Waals surface area contributed by atoms with E-state index in [2.05, 4.69) is 31.0 Å². The number of esters is 1. The maximum Gasteiger partial charge on any atom is 0.341 e. The summed E-state index contributed by atoms with van der Waals surface area (Å²) in [4.78, 5) is 30.5. The summed E-state index contributed by atoms with van der Waals surface area (Å²) in [5.41, 5.74) is 5.59. The number of anilines is 2. The predicted octanol–water partition coefficient (Wildman–Crippen LogP) is 3.99. The van der Waals surface area contributed by atoms with Crippen LogP contribution in [0.1, 0.15) is 66.2 Å².